The Morgan fingerprint density at radius 2 is 0.889 bits per heavy atom. The van der Waals surface area contributed by atoms with Crippen LogP contribution in [-0.4, -0.2) is 46.6 Å². The van der Waals surface area contributed by atoms with Crippen molar-refractivity contribution in [2.75, 3.05) is 14.2 Å². The molecule has 1 N–H and O–H groups in total. The summed E-state index contributed by atoms with van der Waals surface area (Å²) in [5, 5.41) is 1.82. The second-order valence-corrected chi connectivity index (χ2v) is 25.4. The third kappa shape index (κ3) is 6.06. The van der Waals surface area contributed by atoms with Crippen molar-refractivity contribution in [1.29, 1.82) is 0 Å². The molecule has 9 rings (SSSR count). The number of hydrogen-bond acceptors (Lipinski definition) is 4. The SMILES string of the molecule is COc1ccc(C2=C3C=CC(=N3)C(c3ccc(OC)cc3)=c3ccc([nH]3)=C(c3ccccc3)C3=CC=C(C(c4ccccc4)=C4C=CC2=N4)[Te]3(Cl)Cl)cc1. The molecule has 5 heterocycles. The fraction of sp³-hybridized carbons (Fsp3) is 0.0435. The number of rotatable bonds is 6. The van der Waals surface area contributed by atoms with E-state index in [4.69, 9.17) is 37.4 Å². The number of hydrogen-bond donors (Lipinski definition) is 1. The fourth-order valence-corrected chi connectivity index (χ4v) is 15.5. The number of H-pyrrole nitrogens is 1. The molecule has 0 saturated carbocycles. The molecule has 264 valence electrons. The van der Waals surface area contributed by atoms with E-state index in [1.807, 2.05) is 60.7 Å². The molecular weight excluding hydrogens is 825 g/mol. The molecule has 5 nitrogen and oxygen atoms in total. The molecule has 0 fully saturated rings. The summed E-state index contributed by atoms with van der Waals surface area (Å²) in [6.45, 7) is 0. The van der Waals surface area contributed by atoms with Crippen LogP contribution >= 0.6 is 17.9 Å². The first-order chi connectivity index (χ1) is 26.4. The Labute approximate surface area is 325 Å². The van der Waals surface area contributed by atoms with E-state index in [-0.39, 0.29) is 0 Å². The summed E-state index contributed by atoms with van der Waals surface area (Å²) in [6.07, 6.45) is 12.5. The molecule has 4 aliphatic heterocycles. The monoisotopic (exact) mass is 859 g/mol. The Balaban J connectivity index is 1.40. The van der Waals surface area contributed by atoms with Crippen molar-refractivity contribution in [3.63, 3.8) is 0 Å². The first kappa shape index (κ1) is 34.4. The summed E-state index contributed by atoms with van der Waals surface area (Å²) in [5.74, 6) is 1.55. The number of aliphatic imine (C=N–C) groups is 2. The van der Waals surface area contributed by atoms with Gasteiger partial charge in [0, 0.05) is 0 Å². The van der Waals surface area contributed by atoms with Crippen LogP contribution in [0.15, 0.2) is 186 Å². The van der Waals surface area contributed by atoms with Crippen molar-refractivity contribution in [3.05, 3.63) is 209 Å². The first-order valence-electron chi connectivity index (χ1n) is 17.4. The maximum atomic E-state index is 7.84. The predicted molar refractivity (Wildman–Crippen MR) is 225 cm³/mol. The normalized spacial score (nSPS) is 17.7. The van der Waals surface area contributed by atoms with Gasteiger partial charge in [0.05, 0.1) is 0 Å². The molecule has 1 aromatic heterocycles. The second-order valence-electron chi connectivity index (χ2n) is 12.9. The zero-order valence-corrected chi connectivity index (χ0v) is 33.2. The van der Waals surface area contributed by atoms with E-state index in [0.29, 0.717) is 0 Å². The quantitative estimate of drug-likeness (QED) is 0.173. The van der Waals surface area contributed by atoms with E-state index < -0.39 is 15.9 Å². The van der Waals surface area contributed by atoms with Gasteiger partial charge in [-0.15, -0.1) is 0 Å². The van der Waals surface area contributed by atoms with Gasteiger partial charge in [0.15, 0.2) is 0 Å². The molecule has 0 unspecified atom stereocenters. The molecule has 0 amide bonds. The number of nitrogens with one attached hydrogen (secondary N) is 1. The van der Waals surface area contributed by atoms with Gasteiger partial charge in [-0.2, -0.15) is 0 Å². The summed E-state index contributed by atoms with van der Waals surface area (Å²) in [6, 6.07) is 41.0. The average Bonchev–Trinajstić information content (AvgIpc) is 4.04. The van der Waals surface area contributed by atoms with E-state index in [1.54, 1.807) is 14.2 Å². The van der Waals surface area contributed by atoms with Crippen LogP contribution in [0.4, 0.5) is 0 Å². The van der Waals surface area contributed by atoms with E-state index in [1.165, 1.54) is 0 Å². The van der Waals surface area contributed by atoms with Gasteiger partial charge in [-0.05, 0) is 0 Å². The number of ether oxygens (including phenoxy) is 2. The van der Waals surface area contributed by atoms with E-state index in [0.717, 1.165) is 96.8 Å². The molecule has 54 heavy (non-hydrogen) atoms. The molecule has 0 saturated heterocycles. The maximum absolute atomic E-state index is 7.84. The third-order valence-corrected chi connectivity index (χ3v) is 19.4. The number of aromatic amines is 1. The van der Waals surface area contributed by atoms with Crippen LogP contribution in [0.1, 0.15) is 22.3 Å². The summed E-state index contributed by atoms with van der Waals surface area (Å²) < 4.78 is 12.9. The number of methoxy groups -OCH3 is 2. The van der Waals surface area contributed by atoms with Crippen LogP contribution in [0.2, 0.25) is 0 Å². The molecule has 5 aromatic rings. The van der Waals surface area contributed by atoms with Gasteiger partial charge in [-0.25, -0.2) is 0 Å². The Hall–Kier alpha value is -5.35. The van der Waals surface area contributed by atoms with Crippen molar-refractivity contribution < 1.29 is 9.47 Å². The van der Waals surface area contributed by atoms with Crippen LogP contribution in [0.5, 0.6) is 11.5 Å². The van der Waals surface area contributed by atoms with Gasteiger partial charge in [-0.1, -0.05) is 0 Å². The van der Waals surface area contributed by atoms with Crippen molar-refractivity contribution >= 4 is 67.6 Å². The van der Waals surface area contributed by atoms with Gasteiger partial charge in [0.2, 0.25) is 0 Å². The Morgan fingerprint density at radius 1 is 0.463 bits per heavy atom. The Bertz CT molecular complexity index is 2710. The Kier molecular flexibility index (Phi) is 9.01. The Morgan fingerprint density at radius 3 is 1.43 bits per heavy atom. The number of allylic oxidation sites excluding steroid dienone is 10. The van der Waals surface area contributed by atoms with Crippen molar-refractivity contribution in [2.45, 2.75) is 0 Å². The molecule has 4 aliphatic rings. The molecule has 0 radical (unpaired) electrons. The van der Waals surface area contributed by atoms with E-state index >= 15 is 0 Å². The molecule has 0 aliphatic carbocycles. The van der Waals surface area contributed by atoms with Crippen LogP contribution in [-0.2, 0) is 0 Å². The molecule has 0 spiro atoms. The molecule has 4 aromatic carbocycles. The minimum absolute atomic E-state index is 0.771. The number of nitrogens with zero attached hydrogens (tertiary/aromatic N) is 2. The molecule has 0 atom stereocenters. The summed E-state index contributed by atoms with van der Waals surface area (Å²) >= 11 is -4.13. The number of halogens is 2. The second kappa shape index (κ2) is 14.1. The zero-order valence-electron chi connectivity index (χ0n) is 29.4. The number of benzene rings is 4. The predicted octanol–water partition coefficient (Wildman–Crippen LogP) is 9.15. The van der Waals surface area contributed by atoms with Crippen LogP contribution in [0, 0.1) is 0 Å². The van der Waals surface area contributed by atoms with Crippen molar-refractivity contribution in [2.24, 2.45) is 9.98 Å². The molecule has 8 bridgehead atoms. The standard InChI is InChI=1S/C46H33Cl2N3O2Te/c1-52-33-17-13-31(14-18-33)43-35-21-22-36(49-35)44(32-15-19-34(53-2)20-16-32)38-24-26-40(51-38)46(30-11-7-4-8-12-30)42-28-27-41(54(42,47)48)45(29-9-5-3-6-10-29)39-25-23-37(43)50-39/h3-28,50H,1-2H3. The van der Waals surface area contributed by atoms with Gasteiger partial charge >= 0.3 is 327 Å². The van der Waals surface area contributed by atoms with E-state index in [9.17, 15) is 0 Å². The summed E-state index contributed by atoms with van der Waals surface area (Å²) in [7, 11) is 19.0. The molecular formula is C46H33Cl2N3O2Te. The van der Waals surface area contributed by atoms with Gasteiger partial charge in [0.1, 0.15) is 0 Å². The van der Waals surface area contributed by atoms with E-state index in [2.05, 4.69) is 102 Å². The summed E-state index contributed by atoms with van der Waals surface area (Å²) in [5.41, 5.74) is 11.0. The van der Waals surface area contributed by atoms with Crippen LogP contribution in [0.25, 0.3) is 22.3 Å². The van der Waals surface area contributed by atoms with Crippen molar-refractivity contribution in [1.82, 2.24) is 4.98 Å². The summed E-state index contributed by atoms with van der Waals surface area (Å²) in [4.78, 5) is 14.5. The average molecular weight is 858 g/mol. The third-order valence-electron chi connectivity index (χ3n) is 9.84. The minimum atomic E-state index is -4.13. The first-order valence-corrected chi connectivity index (χ1v) is 25.7. The fourth-order valence-electron chi connectivity index (χ4n) is 7.27. The number of fused-ring (bicyclic) bond motifs is 6. The van der Waals surface area contributed by atoms with Crippen LogP contribution < -0.4 is 20.2 Å². The zero-order chi connectivity index (χ0) is 36.8. The van der Waals surface area contributed by atoms with Crippen LogP contribution in [0.3, 0.4) is 0 Å². The van der Waals surface area contributed by atoms with Gasteiger partial charge in [0.25, 0.3) is 0 Å². The molecule has 8 heteroatoms. The topological polar surface area (TPSA) is 59.0 Å². The van der Waals surface area contributed by atoms with Crippen molar-refractivity contribution in [3.8, 4) is 11.5 Å². The number of aromatic nitrogens is 1. The van der Waals surface area contributed by atoms with Gasteiger partial charge < -0.3 is 0 Å². The van der Waals surface area contributed by atoms with Gasteiger partial charge in [-0.3, -0.25) is 0 Å².